The Morgan fingerprint density at radius 3 is 1.46 bits per heavy atom. The number of phosphoric acid groups is 1. The molecule has 7 unspecified atom stereocenters. The lowest BCUT2D eigenvalue weighted by Gasteiger charge is -2.30. The Bertz CT molecular complexity index is 3950. The number of anilines is 3. The van der Waals surface area contributed by atoms with E-state index in [1.54, 1.807) is 13.8 Å². The lowest BCUT2D eigenvalue weighted by molar-refractivity contribution is -0.0843. The SMILES string of the molecule is CCC[C@H]1O[C@@H](n2cnc3c(N)ncnc32)[C@@H](OCCOC)C1OP(=O)(O)OC[C@H]1O[C@@H](n2cc(C)c(N)nc2=O)[C@@H](OCCOC)C1OP(O)(=S)OC[C@H]1O[C@@H](n2cc(C)c(=O)[nH]c2=O)[C@@H](OCCOC)C1OP(O)(=S)OC[C@H]1O[C@@H](n2cc(C)c(N)nc2=O)[C@@H](OCCOC)C1O. The fourth-order valence-corrected chi connectivity index (χ4v) is 15.1. The first-order valence-corrected chi connectivity index (χ1v) is 37.5. The second-order valence-electron chi connectivity index (χ2n) is 22.9. The minimum absolute atomic E-state index is 0.0353. The van der Waals surface area contributed by atoms with Crippen LogP contribution in [0.1, 0.15) is 61.4 Å². The molecule has 0 aromatic carbocycles. The van der Waals surface area contributed by atoms with E-state index in [0.717, 1.165) is 13.7 Å². The summed E-state index contributed by atoms with van der Waals surface area (Å²) in [4.78, 5) is 112. The van der Waals surface area contributed by atoms with Crippen LogP contribution < -0.4 is 39.8 Å². The number of aliphatic hydroxyl groups is 1. The van der Waals surface area contributed by atoms with E-state index in [0.29, 0.717) is 17.5 Å². The summed E-state index contributed by atoms with van der Waals surface area (Å²) in [6.07, 6.45) is -15.5. The molecule has 0 radical (unpaired) electrons. The van der Waals surface area contributed by atoms with Gasteiger partial charge in [0.1, 0.15) is 90.6 Å². The number of aromatic amines is 1. The third-order valence-electron chi connectivity index (χ3n) is 16.1. The van der Waals surface area contributed by atoms with E-state index in [1.807, 2.05) is 6.92 Å². The summed E-state index contributed by atoms with van der Waals surface area (Å²) >= 11 is 11.3. The number of fused-ring (bicyclic) bond motifs is 1. The molecule has 0 spiro atoms. The molecular formula is C54H82N13O27P3S2. The maximum Gasteiger partial charge on any atom is 0.472 e. The molecule has 552 valence electrons. The van der Waals surface area contributed by atoms with E-state index in [-0.39, 0.29) is 93.5 Å². The highest BCUT2D eigenvalue weighted by Crippen LogP contribution is 2.55. The summed E-state index contributed by atoms with van der Waals surface area (Å²) in [6.45, 7) is -6.13. The van der Waals surface area contributed by atoms with Crippen molar-refractivity contribution >= 4 is 73.5 Å². The van der Waals surface area contributed by atoms with Gasteiger partial charge < -0.3 is 103 Å². The predicted molar refractivity (Wildman–Crippen MR) is 349 cm³/mol. The first-order chi connectivity index (χ1) is 47.1. The average Bonchev–Trinajstić information content (AvgIpc) is 1.63. The van der Waals surface area contributed by atoms with Gasteiger partial charge in [0, 0.05) is 63.7 Å². The molecule has 99 heavy (non-hydrogen) atoms. The maximum atomic E-state index is 14.6. The van der Waals surface area contributed by atoms with Crippen LogP contribution in [0.4, 0.5) is 17.5 Å². The second kappa shape index (κ2) is 34.5. The molecule has 45 heteroatoms. The van der Waals surface area contributed by atoms with Gasteiger partial charge in [0.05, 0.1) is 85.1 Å². The second-order valence-corrected chi connectivity index (χ2v) is 29.9. The molecule has 0 saturated carbocycles. The maximum absolute atomic E-state index is 14.6. The van der Waals surface area contributed by atoms with Gasteiger partial charge in [0.2, 0.25) is 0 Å². The number of nitrogens with zero attached hydrogens (tertiary/aromatic N) is 9. The number of hydrogen-bond donors (Lipinski definition) is 8. The van der Waals surface area contributed by atoms with Crippen LogP contribution in [0.25, 0.3) is 11.2 Å². The molecule has 0 amide bonds. The zero-order valence-corrected chi connectivity index (χ0v) is 59.2. The number of phosphoric ester groups is 1. The quantitative estimate of drug-likeness (QED) is 0.0178. The summed E-state index contributed by atoms with van der Waals surface area (Å²) in [5.74, 6) is -0.0885. The fraction of sp³-hybridized carbons (Fsp3) is 0.685. The normalized spacial score (nSPS) is 29.0. The molecule has 11 N–H and O–H groups in total. The van der Waals surface area contributed by atoms with Crippen molar-refractivity contribution in [3.63, 3.8) is 0 Å². The zero-order valence-electron chi connectivity index (χ0n) is 54.9. The van der Waals surface area contributed by atoms with E-state index in [1.165, 1.54) is 71.2 Å². The average molecular weight is 1500 g/mol. The largest absolute Gasteiger partial charge is 0.472 e. The molecule has 4 fully saturated rings. The van der Waals surface area contributed by atoms with Gasteiger partial charge in [0.25, 0.3) is 5.56 Å². The molecule has 9 heterocycles. The summed E-state index contributed by atoms with van der Waals surface area (Å²) in [5.41, 5.74) is 15.8. The van der Waals surface area contributed by atoms with Crippen molar-refractivity contribution in [2.45, 2.75) is 139 Å². The number of aliphatic hydroxyl groups excluding tert-OH is 1. The lowest BCUT2D eigenvalue weighted by atomic mass is 10.1. The van der Waals surface area contributed by atoms with Crippen molar-refractivity contribution in [2.75, 3.05) is 118 Å². The Balaban J connectivity index is 1.01. The fourth-order valence-electron chi connectivity index (χ4n) is 11.2. The van der Waals surface area contributed by atoms with E-state index in [2.05, 4.69) is 29.9 Å². The van der Waals surface area contributed by atoms with Crippen LogP contribution in [-0.4, -0.2) is 242 Å². The van der Waals surface area contributed by atoms with Crippen LogP contribution in [0, 0.1) is 20.8 Å². The van der Waals surface area contributed by atoms with Crippen LogP contribution >= 0.6 is 21.3 Å². The van der Waals surface area contributed by atoms with Crippen molar-refractivity contribution < 1.29 is 108 Å². The number of aryl methyl sites for hydroxylation is 3. The van der Waals surface area contributed by atoms with Gasteiger partial charge >= 0.3 is 38.3 Å². The lowest BCUT2D eigenvalue weighted by Crippen LogP contribution is -2.42. The van der Waals surface area contributed by atoms with Gasteiger partial charge in [-0.3, -0.25) is 46.1 Å². The van der Waals surface area contributed by atoms with Gasteiger partial charge in [-0.15, -0.1) is 0 Å². The first-order valence-electron chi connectivity index (χ1n) is 30.8. The highest BCUT2D eigenvalue weighted by Gasteiger charge is 2.56. The van der Waals surface area contributed by atoms with E-state index >= 15 is 0 Å². The first kappa shape index (κ1) is 78.2. The Hall–Kier alpha value is -4.96. The third kappa shape index (κ3) is 18.9. The van der Waals surface area contributed by atoms with Crippen molar-refractivity contribution in [2.24, 2.45) is 0 Å². The highest BCUT2D eigenvalue weighted by molar-refractivity contribution is 8.07. The van der Waals surface area contributed by atoms with Crippen molar-refractivity contribution in [3.8, 4) is 0 Å². The Morgan fingerprint density at radius 1 is 0.535 bits per heavy atom. The Morgan fingerprint density at radius 2 is 0.960 bits per heavy atom. The molecule has 19 atom stereocenters. The molecule has 5 aromatic rings. The van der Waals surface area contributed by atoms with Crippen LogP contribution in [-0.2, 0) is 112 Å². The number of nitrogen functional groups attached to an aromatic ring is 3. The number of H-pyrrole nitrogens is 1. The zero-order chi connectivity index (χ0) is 71.7. The number of aromatic nitrogens is 10. The van der Waals surface area contributed by atoms with Gasteiger partial charge in [-0.1, -0.05) is 13.3 Å². The monoisotopic (exact) mass is 1500 g/mol. The number of ether oxygens (including phenoxy) is 12. The molecule has 9 rings (SSSR count). The molecule has 4 saturated heterocycles. The molecule has 0 bridgehead atoms. The third-order valence-corrected chi connectivity index (χ3v) is 20.2. The number of nitrogens with two attached hydrogens (primary N) is 3. The minimum atomic E-state index is -5.33. The van der Waals surface area contributed by atoms with E-state index in [9.17, 15) is 43.5 Å². The van der Waals surface area contributed by atoms with Crippen molar-refractivity contribution in [1.29, 1.82) is 0 Å². The standard InChI is InChI=1S/C54H82N13O27P3S2/c1-9-10-30-36(40(82-16-12-78-6)51(88-30)67-26-60-34-45(57)58-25-59-46(34)67)92-95(73,74)85-23-32-37(41(83-17-13-79-7)49(90-32)65-20-28(3)44(56)62-53(65)71)93-97(76,99)87-24-33-38(42(84-18-14-80-8)50(91-33)66-21-29(4)47(69)63-54(66)72)94-96(75,98)86-22-31-35(68)39(81-15-11-77-5)48(89-31)64-19-27(2)43(55)61-52(64)70/h19-21,25-26,30-33,35-42,48-51,68H,9-18,22-24H2,1-8H3,(H,73,74)(H,75,98)(H,76,99)(H2,55,61,70)(H2,56,62,71)(H2,57,58,59)(H,63,69,72)/t30-,31-,32-,33-,35?,36?,37?,38?,39+,40+,41+,42+,48-,49-,50-,51-,96?,97?/m1/s1. The highest BCUT2D eigenvalue weighted by atomic mass is 32.5. The van der Waals surface area contributed by atoms with Gasteiger partial charge in [-0.05, 0) is 50.8 Å². The molecular weight excluding hydrogens is 1420 g/mol. The number of imidazole rings is 1. The van der Waals surface area contributed by atoms with Gasteiger partial charge in [-0.25, -0.2) is 33.9 Å². The van der Waals surface area contributed by atoms with Crippen LogP contribution in [0.3, 0.4) is 0 Å². The van der Waals surface area contributed by atoms with Gasteiger partial charge in [0.15, 0.2) is 36.4 Å². The number of methoxy groups -OCH3 is 4. The minimum Gasteiger partial charge on any atom is -0.387 e. The van der Waals surface area contributed by atoms with Crippen molar-refractivity contribution in [1.82, 2.24) is 48.2 Å². The smallest absolute Gasteiger partial charge is 0.387 e. The summed E-state index contributed by atoms with van der Waals surface area (Å²) in [7, 11) is 0.318. The molecule has 4 aliphatic rings. The molecule has 4 aliphatic heterocycles. The van der Waals surface area contributed by atoms with E-state index < -0.39 is 162 Å². The molecule has 5 aromatic heterocycles. The summed E-state index contributed by atoms with van der Waals surface area (Å²) in [6, 6.07) is 0. The number of rotatable bonds is 37. The topological polar surface area (TPSA) is 510 Å². The number of nitrogens with one attached hydrogen (secondary N) is 1. The van der Waals surface area contributed by atoms with Crippen LogP contribution in [0.2, 0.25) is 0 Å². The Labute approximate surface area is 574 Å². The summed E-state index contributed by atoms with van der Waals surface area (Å²) in [5, 5.41) is 11.7. The van der Waals surface area contributed by atoms with Crippen molar-refractivity contribution in [3.05, 3.63) is 89.7 Å². The van der Waals surface area contributed by atoms with Crippen LogP contribution in [0.5, 0.6) is 0 Å². The van der Waals surface area contributed by atoms with Crippen LogP contribution in [0.15, 0.2) is 50.4 Å². The molecule has 0 aliphatic carbocycles. The van der Waals surface area contributed by atoms with E-state index in [4.69, 9.17) is 125 Å². The number of hydrogen-bond acceptors (Lipinski definition) is 34. The molecule has 40 nitrogen and oxygen atoms in total. The summed E-state index contributed by atoms with van der Waals surface area (Å²) < 4.78 is 126. The van der Waals surface area contributed by atoms with Gasteiger partial charge in [-0.2, -0.15) is 9.97 Å². The Kier molecular flexibility index (Phi) is 27.3. The predicted octanol–water partition coefficient (Wildman–Crippen LogP) is -0.821.